The molecular formula is C15H17F3O2. The van der Waals surface area contributed by atoms with Gasteiger partial charge in [0.2, 0.25) is 0 Å². The summed E-state index contributed by atoms with van der Waals surface area (Å²) in [6.07, 6.45) is -2.80. The van der Waals surface area contributed by atoms with Crippen LogP contribution in [0.5, 0.6) is 0 Å². The van der Waals surface area contributed by atoms with E-state index < -0.39 is 23.3 Å². The zero-order valence-electron chi connectivity index (χ0n) is 11.2. The zero-order valence-corrected chi connectivity index (χ0v) is 11.2. The van der Waals surface area contributed by atoms with Gasteiger partial charge in [-0.1, -0.05) is 18.6 Å². The monoisotopic (exact) mass is 286 g/mol. The number of aliphatic hydroxyl groups excluding tert-OH is 1. The number of alkyl halides is 3. The molecule has 1 aliphatic carbocycles. The predicted octanol–water partition coefficient (Wildman–Crippen LogP) is 3.89. The van der Waals surface area contributed by atoms with E-state index >= 15 is 0 Å². The Morgan fingerprint density at radius 3 is 2.30 bits per heavy atom. The molecule has 0 radical (unpaired) electrons. The molecule has 1 saturated carbocycles. The molecule has 0 unspecified atom stereocenters. The van der Waals surface area contributed by atoms with Gasteiger partial charge in [-0.05, 0) is 37.5 Å². The molecule has 1 N–H and O–H groups in total. The number of rotatable bonds is 2. The summed E-state index contributed by atoms with van der Waals surface area (Å²) < 4.78 is 37.5. The normalized spacial score (nSPS) is 25.6. The molecule has 0 aliphatic heterocycles. The van der Waals surface area contributed by atoms with Gasteiger partial charge in [0.25, 0.3) is 0 Å². The molecule has 1 aromatic rings. The SMILES string of the molecule is C[C@@]1([C@@H](O)c2ccc(C(F)(F)F)cc2)CCCCC1=O. The fourth-order valence-corrected chi connectivity index (χ4v) is 2.71. The minimum absolute atomic E-state index is 0.0175. The first-order chi connectivity index (χ1) is 9.25. The third-order valence-corrected chi connectivity index (χ3v) is 4.14. The van der Waals surface area contributed by atoms with Crippen LogP contribution in [0.4, 0.5) is 13.2 Å². The highest BCUT2D eigenvalue weighted by Crippen LogP contribution is 2.43. The van der Waals surface area contributed by atoms with Gasteiger partial charge in [-0.3, -0.25) is 4.79 Å². The van der Waals surface area contributed by atoms with Gasteiger partial charge >= 0.3 is 6.18 Å². The van der Waals surface area contributed by atoms with Crippen LogP contribution in [-0.2, 0) is 11.0 Å². The van der Waals surface area contributed by atoms with Gasteiger partial charge in [0.05, 0.1) is 17.1 Å². The van der Waals surface area contributed by atoms with E-state index in [-0.39, 0.29) is 5.78 Å². The first kappa shape index (κ1) is 15.0. The first-order valence-electron chi connectivity index (χ1n) is 6.64. The molecule has 0 saturated heterocycles. The van der Waals surface area contributed by atoms with Crippen molar-refractivity contribution in [3.8, 4) is 0 Å². The maximum absolute atomic E-state index is 12.5. The third-order valence-electron chi connectivity index (χ3n) is 4.14. The van der Waals surface area contributed by atoms with Gasteiger partial charge in [0.15, 0.2) is 0 Å². The van der Waals surface area contributed by atoms with Gasteiger partial charge in [-0.25, -0.2) is 0 Å². The lowest BCUT2D eigenvalue weighted by Crippen LogP contribution is -2.37. The number of halogens is 3. The maximum Gasteiger partial charge on any atom is 0.416 e. The second kappa shape index (κ2) is 5.20. The minimum Gasteiger partial charge on any atom is -0.387 e. The lowest BCUT2D eigenvalue weighted by atomic mass is 9.69. The molecule has 1 aromatic carbocycles. The van der Waals surface area contributed by atoms with Crippen LogP contribution in [0.25, 0.3) is 0 Å². The summed E-state index contributed by atoms with van der Waals surface area (Å²) in [6, 6.07) is 4.38. The number of aliphatic hydroxyl groups is 1. The first-order valence-corrected chi connectivity index (χ1v) is 6.64. The molecule has 0 heterocycles. The van der Waals surface area contributed by atoms with E-state index in [4.69, 9.17) is 0 Å². The summed E-state index contributed by atoms with van der Waals surface area (Å²) in [7, 11) is 0. The molecule has 20 heavy (non-hydrogen) atoms. The van der Waals surface area contributed by atoms with Crippen molar-refractivity contribution in [3.05, 3.63) is 35.4 Å². The quantitative estimate of drug-likeness (QED) is 0.895. The van der Waals surface area contributed by atoms with Gasteiger partial charge in [0, 0.05) is 6.42 Å². The highest BCUT2D eigenvalue weighted by Gasteiger charge is 2.42. The Kier molecular flexibility index (Phi) is 3.91. The number of carbonyl (C=O) groups is 1. The number of ketones is 1. The van der Waals surface area contributed by atoms with E-state index in [9.17, 15) is 23.1 Å². The zero-order chi connectivity index (χ0) is 15.0. The smallest absolute Gasteiger partial charge is 0.387 e. The number of Topliss-reactive ketones (excluding diaryl/α,β-unsaturated/α-hetero) is 1. The summed E-state index contributed by atoms with van der Waals surface area (Å²) in [5, 5.41) is 10.4. The van der Waals surface area contributed by atoms with Crippen LogP contribution in [0.3, 0.4) is 0 Å². The van der Waals surface area contributed by atoms with Crippen molar-refractivity contribution in [2.24, 2.45) is 5.41 Å². The highest BCUT2D eigenvalue weighted by atomic mass is 19.4. The van der Waals surface area contributed by atoms with Gasteiger partial charge < -0.3 is 5.11 Å². The van der Waals surface area contributed by atoms with Crippen molar-refractivity contribution < 1.29 is 23.1 Å². The van der Waals surface area contributed by atoms with E-state index in [1.165, 1.54) is 12.1 Å². The molecular weight excluding hydrogens is 269 g/mol. The Balaban J connectivity index is 2.25. The Hall–Kier alpha value is -1.36. The Morgan fingerprint density at radius 1 is 1.20 bits per heavy atom. The highest BCUT2D eigenvalue weighted by molar-refractivity contribution is 5.85. The van der Waals surface area contributed by atoms with Crippen LogP contribution in [0.1, 0.15) is 49.8 Å². The molecule has 2 nitrogen and oxygen atoms in total. The van der Waals surface area contributed by atoms with Crippen LogP contribution in [0, 0.1) is 5.41 Å². The van der Waals surface area contributed by atoms with E-state index in [1.54, 1.807) is 6.92 Å². The Labute approximate surface area is 115 Å². The second-order valence-corrected chi connectivity index (χ2v) is 5.57. The predicted molar refractivity (Wildman–Crippen MR) is 68.0 cm³/mol. The van der Waals surface area contributed by atoms with Crippen LogP contribution in [0.2, 0.25) is 0 Å². The van der Waals surface area contributed by atoms with E-state index in [0.717, 1.165) is 25.0 Å². The van der Waals surface area contributed by atoms with Crippen molar-refractivity contribution in [2.75, 3.05) is 0 Å². The molecule has 1 fully saturated rings. The second-order valence-electron chi connectivity index (χ2n) is 5.57. The molecule has 0 amide bonds. The fraction of sp³-hybridized carbons (Fsp3) is 0.533. The van der Waals surface area contributed by atoms with Crippen LogP contribution in [-0.4, -0.2) is 10.9 Å². The summed E-state index contributed by atoms with van der Waals surface area (Å²) in [5.41, 5.74) is -1.29. The summed E-state index contributed by atoms with van der Waals surface area (Å²) in [5.74, 6) is -0.0175. The molecule has 1 aliphatic rings. The fourth-order valence-electron chi connectivity index (χ4n) is 2.71. The average Bonchev–Trinajstić information content (AvgIpc) is 2.40. The van der Waals surface area contributed by atoms with Crippen molar-refractivity contribution in [3.63, 3.8) is 0 Å². The lowest BCUT2D eigenvalue weighted by molar-refractivity contribution is -0.139. The summed E-state index contributed by atoms with van der Waals surface area (Å²) in [4.78, 5) is 12.0. The van der Waals surface area contributed by atoms with Crippen molar-refractivity contribution in [1.82, 2.24) is 0 Å². The maximum atomic E-state index is 12.5. The Bertz CT molecular complexity index is 493. The molecule has 0 spiro atoms. The van der Waals surface area contributed by atoms with E-state index in [2.05, 4.69) is 0 Å². The minimum atomic E-state index is -4.39. The Morgan fingerprint density at radius 2 is 1.80 bits per heavy atom. The number of carbonyl (C=O) groups excluding carboxylic acids is 1. The van der Waals surface area contributed by atoms with Crippen LogP contribution >= 0.6 is 0 Å². The molecule has 5 heteroatoms. The van der Waals surface area contributed by atoms with E-state index in [0.29, 0.717) is 18.4 Å². The van der Waals surface area contributed by atoms with Crippen LogP contribution < -0.4 is 0 Å². The molecule has 2 rings (SSSR count). The van der Waals surface area contributed by atoms with Gasteiger partial charge in [-0.2, -0.15) is 13.2 Å². The average molecular weight is 286 g/mol. The van der Waals surface area contributed by atoms with Crippen molar-refractivity contribution >= 4 is 5.78 Å². The van der Waals surface area contributed by atoms with Crippen LogP contribution in [0.15, 0.2) is 24.3 Å². The molecule has 2 atom stereocenters. The molecule has 0 aromatic heterocycles. The van der Waals surface area contributed by atoms with Crippen molar-refractivity contribution in [1.29, 1.82) is 0 Å². The summed E-state index contributed by atoms with van der Waals surface area (Å²) in [6.45, 7) is 1.69. The molecule has 0 bridgehead atoms. The number of hydrogen-bond donors (Lipinski definition) is 1. The number of hydrogen-bond acceptors (Lipinski definition) is 2. The topological polar surface area (TPSA) is 37.3 Å². The lowest BCUT2D eigenvalue weighted by Gasteiger charge is -2.36. The largest absolute Gasteiger partial charge is 0.416 e. The molecule has 110 valence electrons. The van der Waals surface area contributed by atoms with E-state index in [1.807, 2.05) is 0 Å². The van der Waals surface area contributed by atoms with Gasteiger partial charge in [0.1, 0.15) is 5.78 Å². The third kappa shape index (κ3) is 2.73. The summed E-state index contributed by atoms with van der Waals surface area (Å²) >= 11 is 0. The standard InChI is InChI=1S/C15H17F3O2/c1-14(9-3-2-4-12(14)19)13(20)10-5-7-11(8-6-10)15(16,17)18/h5-8,13,20H,2-4,9H2,1H3/t13-,14+/m0/s1. The van der Waals surface area contributed by atoms with Gasteiger partial charge in [-0.15, -0.1) is 0 Å². The van der Waals surface area contributed by atoms with Crippen molar-refractivity contribution in [2.45, 2.75) is 44.9 Å². The number of benzene rings is 1.